The van der Waals surface area contributed by atoms with Gasteiger partial charge in [0.25, 0.3) is 0 Å². The van der Waals surface area contributed by atoms with Crippen molar-refractivity contribution in [1.29, 1.82) is 0 Å². The van der Waals surface area contributed by atoms with Gasteiger partial charge in [0.05, 0.1) is 145 Å². The third-order valence-corrected chi connectivity index (χ3v) is 5.76. The maximum atomic E-state index is 5.78. The lowest BCUT2D eigenvalue weighted by atomic mass is 10.1. The van der Waals surface area contributed by atoms with Crippen LogP contribution in [0.15, 0.2) is 0 Å². The summed E-state index contributed by atoms with van der Waals surface area (Å²) in [5.41, 5.74) is 0. The molecule has 0 saturated carbocycles. The second-order valence-corrected chi connectivity index (χ2v) is 9.43. The molecule has 12 nitrogen and oxygen atoms in total. The second-order valence-electron chi connectivity index (χ2n) is 8.63. The van der Waals surface area contributed by atoms with Gasteiger partial charge in [0.1, 0.15) is 0 Å². The molecule has 0 unspecified atom stereocenters. The SMILES string of the molecule is BrCCOCCOCCOCCOCCOCCOCCOCCOCCOCCOCCOC1CCNCC1. The largest absolute Gasteiger partial charge is 0.378 e. The van der Waals surface area contributed by atoms with Crippen molar-refractivity contribution in [3.8, 4) is 0 Å². The lowest BCUT2D eigenvalue weighted by Crippen LogP contribution is -2.33. The normalized spacial score (nSPS) is 14.3. The monoisotopic (exact) mass is 647 g/mol. The number of rotatable bonds is 33. The molecule has 1 N–H and O–H groups in total. The van der Waals surface area contributed by atoms with E-state index in [1.165, 1.54) is 0 Å². The molecule has 1 aliphatic rings. The van der Waals surface area contributed by atoms with E-state index >= 15 is 0 Å². The fraction of sp³-hybridized carbons (Fsp3) is 1.00. The molecule has 0 atom stereocenters. The van der Waals surface area contributed by atoms with E-state index in [2.05, 4.69) is 21.2 Å². The van der Waals surface area contributed by atoms with Gasteiger partial charge in [-0.05, 0) is 25.9 Å². The van der Waals surface area contributed by atoms with Gasteiger partial charge >= 0.3 is 0 Å². The Morgan fingerprint density at radius 2 is 0.625 bits per heavy atom. The standard InChI is InChI=1S/C27H54BrNO11/c28-3-6-30-7-8-31-9-10-32-11-12-33-13-14-34-15-16-35-17-18-36-19-20-37-21-22-38-23-24-39-25-26-40-27-1-4-29-5-2-27/h27,29H,1-26H2. The van der Waals surface area contributed by atoms with Crippen molar-refractivity contribution >= 4 is 15.9 Å². The van der Waals surface area contributed by atoms with Crippen LogP contribution in [0.5, 0.6) is 0 Å². The summed E-state index contributed by atoms with van der Waals surface area (Å²) in [5, 5.41) is 4.17. The van der Waals surface area contributed by atoms with Gasteiger partial charge in [-0.25, -0.2) is 0 Å². The Balaban J connectivity index is 1.60. The van der Waals surface area contributed by atoms with E-state index < -0.39 is 0 Å². The molecule has 0 aromatic rings. The van der Waals surface area contributed by atoms with Crippen molar-refractivity contribution < 1.29 is 52.1 Å². The molecule has 0 spiro atoms. The predicted octanol–water partition coefficient (Wildman–Crippen LogP) is 1.32. The van der Waals surface area contributed by atoms with Crippen LogP contribution in [-0.2, 0) is 52.1 Å². The lowest BCUT2D eigenvalue weighted by molar-refractivity contribution is -0.0324. The first-order valence-electron chi connectivity index (χ1n) is 14.6. The van der Waals surface area contributed by atoms with Crippen LogP contribution in [0, 0.1) is 0 Å². The van der Waals surface area contributed by atoms with E-state index in [0.29, 0.717) is 145 Å². The zero-order valence-corrected chi connectivity index (χ0v) is 25.9. The predicted molar refractivity (Wildman–Crippen MR) is 154 cm³/mol. The van der Waals surface area contributed by atoms with Gasteiger partial charge < -0.3 is 57.4 Å². The Hall–Kier alpha value is 0.0000000000000000416. The number of alkyl halides is 1. The quantitative estimate of drug-likeness (QED) is 0.0818. The minimum Gasteiger partial charge on any atom is -0.378 e. The Kier molecular flexibility index (Phi) is 31.8. The summed E-state index contributed by atoms with van der Waals surface area (Å²) in [6.07, 6.45) is 2.54. The summed E-state index contributed by atoms with van der Waals surface area (Å²) in [6.45, 7) is 13.8. The van der Waals surface area contributed by atoms with Crippen LogP contribution in [0.3, 0.4) is 0 Å². The summed E-state index contributed by atoms with van der Waals surface area (Å²) in [6, 6.07) is 0. The highest BCUT2D eigenvalue weighted by Crippen LogP contribution is 2.06. The van der Waals surface area contributed by atoms with Crippen LogP contribution in [0.25, 0.3) is 0 Å². The van der Waals surface area contributed by atoms with Crippen LogP contribution in [0.2, 0.25) is 0 Å². The molecule has 240 valence electrons. The molecule has 1 heterocycles. The van der Waals surface area contributed by atoms with Crippen molar-refractivity contribution in [2.24, 2.45) is 0 Å². The van der Waals surface area contributed by atoms with Gasteiger partial charge in [0.2, 0.25) is 0 Å². The highest BCUT2D eigenvalue weighted by Gasteiger charge is 2.12. The van der Waals surface area contributed by atoms with Crippen molar-refractivity contribution in [2.45, 2.75) is 18.9 Å². The summed E-state index contributed by atoms with van der Waals surface area (Å²) >= 11 is 3.30. The average Bonchev–Trinajstić information content (AvgIpc) is 2.98. The lowest BCUT2D eigenvalue weighted by Gasteiger charge is -2.22. The van der Waals surface area contributed by atoms with Crippen molar-refractivity contribution in [3.63, 3.8) is 0 Å². The molecule has 0 radical (unpaired) electrons. The topological polar surface area (TPSA) is 114 Å². The van der Waals surface area contributed by atoms with Crippen LogP contribution in [0.1, 0.15) is 12.8 Å². The fourth-order valence-corrected chi connectivity index (χ4v) is 3.60. The number of halogens is 1. The second kappa shape index (κ2) is 33.5. The van der Waals surface area contributed by atoms with Gasteiger partial charge in [0, 0.05) is 5.33 Å². The van der Waals surface area contributed by atoms with Crippen molar-refractivity contribution in [3.05, 3.63) is 0 Å². The molecule has 1 fully saturated rings. The smallest absolute Gasteiger partial charge is 0.0704 e. The van der Waals surface area contributed by atoms with Gasteiger partial charge in [-0.3, -0.25) is 0 Å². The fourth-order valence-electron chi connectivity index (χ4n) is 3.37. The molecule has 0 bridgehead atoms. The number of hydrogen-bond donors (Lipinski definition) is 1. The van der Waals surface area contributed by atoms with Gasteiger partial charge in [-0.1, -0.05) is 15.9 Å². The molecular weight excluding hydrogens is 594 g/mol. The molecule has 0 amide bonds. The van der Waals surface area contributed by atoms with Crippen LogP contribution < -0.4 is 5.32 Å². The Bertz CT molecular complexity index is 480. The first-order valence-corrected chi connectivity index (χ1v) is 15.7. The zero-order chi connectivity index (χ0) is 28.4. The Morgan fingerprint density at radius 3 is 0.900 bits per heavy atom. The first kappa shape index (κ1) is 38.0. The highest BCUT2D eigenvalue weighted by atomic mass is 79.9. The Labute approximate surface area is 249 Å². The third kappa shape index (κ3) is 29.5. The molecular formula is C27H54BrNO11. The van der Waals surface area contributed by atoms with E-state index in [-0.39, 0.29) is 0 Å². The Morgan fingerprint density at radius 1 is 0.375 bits per heavy atom. The molecule has 1 rings (SSSR count). The third-order valence-electron chi connectivity index (χ3n) is 5.44. The molecule has 1 aliphatic heterocycles. The first-order chi connectivity index (χ1) is 19.9. The summed E-state index contributed by atoms with van der Waals surface area (Å²) < 4.78 is 60.2. The number of ether oxygens (including phenoxy) is 11. The average molecular weight is 649 g/mol. The minimum atomic E-state index is 0.375. The molecule has 0 aromatic carbocycles. The maximum absolute atomic E-state index is 5.78. The van der Waals surface area contributed by atoms with Crippen molar-refractivity contribution in [1.82, 2.24) is 5.32 Å². The van der Waals surface area contributed by atoms with Gasteiger partial charge in [0.15, 0.2) is 0 Å². The number of hydrogen-bond acceptors (Lipinski definition) is 12. The maximum Gasteiger partial charge on any atom is 0.0704 e. The van der Waals surface area contributed by atoms with E-state index in [1.807, 2.05) is 0 Å². The van der Waals surface area contributed by atoms with E-state index in [1.54, 1.807) is 0 Å². The van der Waals surface area contributed by atoms with Crippen molar-refractivity contribution in [2.75, 3.05) is 157 Å². The number of nitrogens with one attached hydrogen (secondary N) is 1. The minimum absolute atomic E-state index is 0.375. The van der Waals surface area contributed by atoms with E-state index in [0.717, 1.165) is 31.3 Å². The van der Waals surface area contributed by atoms with Crippen LogP contribution in [-0.4, -0.2) is 163 Å². The molecule has 1 saturated heterocycles. The molecule has 0 aliphatic carbocycles. The summed E-state index contributed by atoms with van der Waals surface area (Å²) in [7, 11) is 0. The van der Waals surface area contributed by atoms with E-state index in [4.69, 9.17) is 52.1 Å². The van der Waals surface area contributed by atoms with Gasteiger partial charge in [-0.2, -0.15) is 0 Å². The van der Waals surface area contributed by atoms with E-state index in [9.17, 15) is 0 Å². The molecule has 0 aromatic heterocycles. The summed E-state index contributed by atoms with van der Waals surface area (Å²) in [4.78, 5) is 0. The number of piperidine rings is 1. The molecule has 40 heavy (non-hydrogen) atoms. The zero-order valence-electron chi connectivity index (χ0n) is 24.3. The molecule has 13 heteroatoms. The van der Waals surface area contributed by atoms with Crippen LogP contribution in [0.4, 0.5) is 0 Å². The highest BCUT2D eigenvalue weighted by molar-refractivity contribution is 9.09. The van der Waals surface area contributed by atoms with Gasteiger partial charge in [-0.15, -0.1) is 0 Å². The summed E-state index contributed by atoms with van der Waals surface area (Å²) in [5.74, 6) is 0. The van der Waals surface area contributed by atoms with Crippen LogP contribution >= 0.6 is 15.9 Å².